The largest absolute Gasteiger partial charge is 0.487 e. The van der Waals surface area contributed by atoms with Crippen molar-refractivity contribution in [3.63, 3.8) is 0 Å². The van der Waals surface area contributed by atoms with E-state index < -0.39 is 11.9 Å². The number of hydrogen-bond acceptors (Lipinski definition) is 6. The molecule has 4 rings (SSSR count). The van der Waals surface area contributed by atoms with Crippen LogP contribution in [-0.2, 0) is 20.9 Å². The number of nitrogens with zero attached hydrogens (tertiary/aromatic N) is 3. The first-order valence-electron chi connectivity index (χ1n) is 10.9. The van der Waals surface area contributed by atoms with Crippen LogP contribution in [0.1, 0.15) is 16.7 Å². The first-order valence-corrected chi connectivity index (χ1v) is 12.1. The molecular formula is C27H19Cl2N3O4S. The normalized spacial score (nSPS) is 14.2. The van der Waals surface area contributed by atoms with Crippen molar-refractivity contribution in [2.45, 2.75) is 6.61 Å². The molecule has 10 heteroatoms. The average Bonchev–Trinajstić information content (AvgIpc) is 3.12. The second-order valence-electron chi connectivity index (χ2n) is 7.84. The third-order valence-corrected chi connectivity index (χ3v) is 6.47. The van der Waals surface area contributed by atoms with E-state index in [9.17, 15) is 14.9 Å². The highest BCUT2D eigenvalue weighted by atomic mass is 35.5. The molecule has 3 aromatic rings. The van der Waals surface area contributed by atoms with Gasteiger partial charge in [-0.05, 0) is 66.3 Å². The molecule has 186 valence electrons. The van der Waals surface area contributed by atoms with Crippen molar-refractivity contribution in [1.29, 1.82) is 5.26 Å². The van der Waals surface area contributed by atoms with Crippen molar-refractivity contribution in [2.75, 3.05) is 18.6 Å². The number of nitriles is 1. The molecule has 0 spiro atoms. The van der Waals surface area contributed by atoms with Crippen LogP contribution < -0.4 is 9.64 Å². The lowest BCUT2D eigenvalue weighted by molar-refractivity contribution is -0.140. The van der Waals surface area contributed by atoms with E-state index in [1.807, 2.05) is 12.1 Å². The molecule has 0 bridgehead atoms. The summed E-state index contributed by atoms with van der Waals surface area (Å²) in [6, 6.07) is 20.9. The molecule has 0 radical (unpaired) electrons. The van der Waals surface area contributed by atoms with Crippen LogP contribution >= 0.6 is 35.4 Å². The highest BCUT2D eigenvalue weighted by Gasteiger charge is 2.40. The maximum absolute atomic E-state index is 13.4. The van der Waals surface area contributed by atoms with Gasteiger partial charge < -0.3 is 14.4 Å². The molecule has 0 saturated carbocycles. The standard InChI is InChI=1S/C27H19Cl2N3O4S/c1-35-25(33)15-31-23(26(34)32(27(31)37)21-9-7-20(28)8-10-21)13-17-6-11-24(22(29)12-17)36-16-19-5-3-2-4-18(19)14-30/h2-13H,15-16H2,1H3/b23-13-. The number of carbonyl (C=O) groups excluding carboxylic acids is 2. The number of halogens is 2. The lowest BCUT2D eigenvalue weighted by atomic mass is 10.1. The fraction of sp³-hybridized carbons (Fsp3) is 0.111. The van der Waals surface area contributed by atoms with E-state index in [4.69, 9.17) is 44.9 Å². The minimum absolute atomic E-state index is 0.131. The van der Waals surface area contributed by atoms with Crippen LogP contribution in [0.2, 0.25) is 10.0 Å². The number of ether oxygens (including phenoxy) is 2. The summed E-state index contributed by atoms with van der Waals surface area (Å²) in [5.41, 5.74) is 2.54. The van der Waals surface area contributed by atoms with Crippen molar-refractivity contribution >= 4 is 64.2 Å². The molecule has 3 aromatic carbocycles. The van der Waals surface area contributed by atoms with Crippen LogP contribution in [0, 0.1) is 11.3 Å². The van der Waals surface area contributed by atoms with Crippen molar-refractivity contribution < 1.29 is 19.1 Å². The van der Waals surface area contributed by atoms with Gasteiger partial charge in [0.05, 0.1) is 29.5 Å². The van der Waals surface area contributed by atoms with Crippen molar-refractivity contribution in [2.24, 2.45) is 0 Å². The van der Waals surface area contributed by atoms with E-state index in [0.29, 0.717) is 32.6 Å². The Morgan fingerprint density at radius 3 is 2.51 bits per heavy atom. The van der Waals surface area contributed by atoms with Gasteiger partial charge in [0, 0.05) is 10.6 Å². The zero-order valence-electron chi connectivity index (χ0n) is 19.5. The van der Waals surface area contributed by atoms with Crippen LogP contribution in [0.25, 0.3) is 6.08 Å². The summed E-state index contributed by atoms with van der Waals surface area (Å²) in [5.74, 6) is -0.557. The lowest BCUT2D eigenvalue weighted by Crippen LogP contribution is -2.35. The number of rotatable bonds is 7. The fourth-order valence-corrected chi connectivity index (χ4v) is 4.36. The Bertz CT molecular complexity index is 1450. The maximum atomic E-state index is 13.4. The molecule has 1 aliphatic rings. The number of amides is 1. The van der Waals surface area contributed by atoms with Gasteiger partial charge in [-0.3, -0.25) is 14.5 Å². The second-order valence-corrected chi connectivity index (χ2v) is 9.05. The van der Waals surface area contributed by atoms with E-state index in [1.165, 1.54) is 16.9 Å². The molecule has 1 amide bonds. The number of hydrogen-bond donors (Lipinski definition) is 0. The molecule has 0 aliphatic carbocycles. The molecule has 7 nitrogen and oxygen atoms in total. The number of carbonyl (C=O) groups is 2. The van der Waals surface area contributed by atoms with Gasteiger partial charge in [-0.1, -0.05) is 47.5 Å². The summed E-state index contributed by atoms with van der Waals surface area (Å²) in [4.78, 5) is 28.2. The third-order valence-electron chi connectivity index (χ3n) is 5.52. The Balaban J connectivity index is 1.62. The van der Waals surface area contributed by atoms with Gasteiger partial charge in [0.2, 0.25) is 0 Å². The van der Waals surface area contributed by atoms with Crippen LogP contribution in [0.15, 0.2) is 72.4 Å². The molecule has 1 aliphatic heterocycles. The van der Waals surface area contributed by atoms with Crippen molar-refractivity contribution in [1.82, 2.24) is 4.90 Å². The lowest BCUT2D eigenvalue weighted by Gasteiger charge is -2.19. The predicted octanol–water partition coefficient (Wildman–Crippen LogP) is 5.59. The quantitative estimate of drug-likeness (QED) is 0.215. The Morgan fingerprint density at radius 2 is 1.84 bits per heavy atom. The molecule has 1 fully saturated rings. The topological polar surface area (TPSA) is 82.9 Å². The molecule has 37 heavy (non-hydrogen) atoms. The Labute approximate surface area is 229 Å². The smallest absolute Gasteiger partial charge is 0.325 e. The summed E-state index contributed by atoms with van der Waals surface area (Å²) in [5, 5.41) is 10.2. The number of methoxy groups -OCH3 is 1. The fourth-order valence-electron chi connectivity index (χ4n) is 3.64. The monoisotopic (exact) mass is 551 g/mol. The van der Waals surface area contributed by atoms with Crippen molar-refractivity contribution in [3.05, 3.63) is 99.2 Å². The van der Waals surface area contributed by atoms with Crippen LogP contribution in [0.3, 0.4) is 0 Å². The number of thiocarbonyl (C=S) groups is 1. The molecule has 0 unspecified atom stereocenters. The van der Waals surface area contributed by atoms with Gasteiger partial charge in [0.15, 0.2) is 5.11 Å². The van der Waals surface area contributed by atoms with E-state index in [2.05, 4.69) is 6.07 Å². The molecule has 0 aromatic heterocycles. The van der Waals surface area contributed by atoms with Gasteiger partial charge >= 0.3 is 5.97 Å². The second kappa shape index (κ2) is 11.4. The summed E-state index contributed by atoms with van der Waals surface area (Å²) in [6.07, 6.45) is 1.59. The van der Waals surface area contributed by atoms with Crippen LogP contribution in [0.4, 0.5) is 5.69 Å². The van der Waals surface area contributed by atoms with E-state index in [1.54, 1.807) is 60.7 Å². The van der Waals surface area contributed by atoms with Gasteiger partial charge in [-0.2, -0.15) is 5.26 Å². The van der Waals surface area contributed by atoms with Crippen LogP contribution in [0.5, 0.6) is 5.75 Å². The van der Waals surface area contributed by atoms with E-state index >= 15 is 0 Å². The van der Waals surface area contributed by atoms with Gasteiger partial charge in [-0.15, -0.1) is 0 Å². The summed E-state index contributed by atoms with van der Waals surface area (Å²) < 4.78 is 10.6. The minimum Gasteiger partial charge on any atom is -0.487 e. The zero-order chi connectivity index (χ0) is 26.5. The Kier molecular flexibility index (Phi) is 8.09. The third kappa shape index (κ3) is 5.75. The summed E-state index contributed by atoms with van der Waals surface area (Å²) in [6.45, 7) is -0.0795. The highest BCUT2D eigenvalue weighted by molar-refractivity contribution is 7.80. The van der Waals surface area contributed by atoms with Gasteiger partial charge in [0.1, 0.15) is 24.6 Å². The molecule has 1 heterocycles. The number of benzene rings is 3. The van der Waals surface area contributed by atoms with Crippen molar-refractivity contribution in [3.8, 4) is 11.8 Å². The Morgan fingerprint density at radius 1 is 1.11 bits per heavy atom. The zero-order valence-corrected chi connectivity index (χ0v) is 21.8. The van der Waals surface area contributed by atoms with Gasteiger partial charge in [0.25, 0.3) is 5.91 Å². The Hall–Kier alpha value is -3.90. The minimum atomic E-state index is -0.557. The summed E-state index contributed by atoms with van der Waals surface area (Å²) >= 11 is 18.0. The first kappa shape index (κ1) is 26.2. The van der Waals surface area contributed by atoms with E-state index in [0.717, 1.165) is 5.56 Å². The first-order chi connectivity index (χ1) is 17.8. The van der Waals surface area contributed by atoms with E-state index in [-0.39, 0.29) is 24.0 Å². The molecule has 0 atom stereocenters. The highest BCUT2D eigenvalue weighted by Crippen LogP contribution is 2.32. The predicted molar refractivity (Wildman–Crippen MR) is 145 cm³/mol. The van der Waals surface area contributed by atoms with Crippen LogP contribution in [-0.4, -0.2) is 35.5 Å². The average molecular weight is 552 g/mol. The SMILES string of the molecule is COC(=O)CN1C(=S)N(c2ccc(Cl)cc2)C(=O)/C1=C/c1ccc(OCc2ccccc2C#N)c(Cl)c1. The van der Waals surface area contributed by atoms with Gasteiger partial charge in [-0.25, -0.2) is 0 Å². The molecular weight excluding hydrogens is 533 g/mol. The molecule has 0 N–H and O–H groups in total. The number of anilines is 1. The maximum Gasteiger partial charge on any atom is 0.325 e. The number of esters is 1. The molecule has 1 saturated heterocycles. The summed E-state index contributed by atoms with van der Waals surface area (Å²) in [7, 11) is 1.26.